The minimum Gasteiger partial charge on any atom is -0.394 e. The van der Waals surface area contributed by atoms with Crippen molar-refractivity contribution in [3.63, 3.8) is 0 Å². The highest BCUT2D eigenvalue weighted by atomic mass is 16.3. The maximum atomic E-state index is 11.8. The summed E-state index contributed by atoms with van der Waals surface area (Å²) in [5.41, 5.74) is 2.93. The number of anilines is 1. The first-order valence-electron chi connectivity index (χ1n) is 5.49. The average molecular weight is 220 g/mol. The third kappa shape index (κ3) is 2.17. The van der Waals surface area contributed by atoms with Crippen molar-refractivity contribution < 1.29 is 9.90 Å². The Bertz CT molecular complexity index is 404. The second-order valence-electron chi connectivity index (χ2n) is 4.11. The lowest BCUT2D eigenvalue weighted by molar-refractivity contribution is 0.0922. The number of aliphatic hydroxyl groups excluding tert-OH is 1. The quantitative estimate of drug-likeness (QED) is 0.705. The summed E-state index contributed by atoms with van der Waals surface area (Å²) in [4.78, 5) is 11.8. The van der Waals surface area contributed by atoms with E-state index in [0.717, 1.165) is 18.7 Å². The van der Waals surface area contributed by atoms with Crippen molar-refractivity contribution in [2.45, 2.75) is 19.4 Å². The molecule has 0 radical (unpaired) electrons. The SMILES string of the molecule is C[C@H](CO)NC(=O)c1ccc2c(c1)NCC2. The molecule has 4 heteroatoms. The van der Waals surface area contributed by atoms with Gasteiger partial charge in [-0.15, -0.1) is 0 Å². The molecular formula is C12H16N2O2. The third-order valence-electron chi connectivity index (χ3n) is 2.73. The van der Waals surface area contributed by atoms with Crippen molar-refractivity contribution in [3.05, 3.63) is 29.3 Å². The van der Waals surface area contributed by atoms with Gasteiger partial charge >= 0.3 is 0 Å². The van der Waals surface area contributed by atoms with Gasteiger partial charge in [0, 0.05) is 23.8 Å². The number of carbonyl (C=O) groups excluding carboxylic acids is 1. The fraction of sp³-hybridized carbons (Fsp3) is 0.417. The van der Waals surface area contributed by atoms with Crippen molar-refractivity contribution in [1.82, 2.24) is 5.32 Å². The van der Waals surface area contributed by atoms with Crippen LogP contribution in [0, 0.1) is 0 Å². The fourth-order valence-corrected chi connectivity index (χ4v) is 1.78. The molecule has 0 saturated carbocycles. The van der Waals surface area contributed by atoms with Crippen LogP contribution in [0.4, 0.5) is 5.69 Å². The second kappa shape index (κ2) is 4.53. The summed E-state index contributed by atoms with van der Waals surface area (Å²) >= 11 is 0. The molecular weight excluding hydrogens is 204 g/mol. The molecule has 1 aromatic rings. The van der Waals surface area contributed by atoms with E-state index in [4.69, 9.17) is 5.11 Å². The molecule has 16 heavy (non-hydrogen) atoms. The largest absolute Gasteiger partial charge is 0.394 e. The molecule has 4 nitrogen and oxygen atoms in total. The highest BCUT2D eigenvalue weighted by molar-refractivity contribution is 5.95. The average Bonchev–Trinajstić information content (AvgIpc) is 2.75. The van der Waals surface area contributed by atoms with E-state index < -0.39 is 0 Å². The molecule has 2 rings (SSSR count). The van der Waals surface area contributed by atoms with E-state index in [1.807, 2.05) is 18.2 Å². The van der Waals surface area contributed by atoms with E-state index in [-0.39, 0.29) is 18.6 Å². The van der Waals surface area contributed by atoms with E-state index in [9.17, 15) is 4.79 Å². The lowest BCUT2D eigenvalue weighted by atomic mass is 10.1. The minimum atomic E-state index is -0.214. The Morgan fingerprint density at radius 3 is 3.19 bits per heavy atom. The molecule has 0 saturated heterocycles. The molecule has 1 aliphatic rings. The van der Waals surface area contributed by atoms with Crippen LogP contribution >= 0.6 is 0 Å². The van der Waals surface area contributed by atoms with Crippen LogP contribution < -0.4 is 10.6 Å². The number of rotatable bonds is 3. The highest BCUT2D eigenvalue weighted by Crippen LogP contribution is 2.23. The van der Waals surface area contributed by atoms with Gasteiger partial charge in [0.1, 0.15) is 0 Å². The standard InChI is InChI=1S/C12H16N2O2/c1-8(7-15)14-12(16)10-3-2-9-4-5-13-11(9)6-10/h2-3,6,8,13,15H,4-5,7H2,1H3,(H,14,16)/t8-/m1/s1. The van der Waals surface area contributed by atoms with E-state index in [1.165, 1.54) is 5.56 Å². The van der Waals surface area contributed by atoms with E-state index >= 15 is 0 Å². The van der Waals surface area contributed by atoms with Gasteiger partial charge in [-0.05, 0) is 31.0 Å². The number of nitrogens with one attached hydrogen (secondary N) is 2. The lowest BCUT2D eigenvalue weighted by Gasteiger charge is -2.11. The summed E-state index contributed by atoms with van der Waals surface area (Å²) in [5, 5.41) is 14.8. The Morgan fingerprint density at radius 1 is 1.62 bits per heavy atom. The zero-order valence-corrected chi connectivity index (χ0v) is 9.29. The Hall–Kier alpha value is -1.55. The maximum absolute atomic E-state index is 11.8. The van der Waals surface area contributed by atoms with Gasteiger partial charge in [-0.25, -0.2) is 0 Å². The van der Waals surface area contributed by atoms with Crippen LogP contribution in [-0.4, -0.2) is 30.2 Å². The number of amides is 1. The number of carbonyl (C=O) groups is 1. The smallest absolute Gasteiger partial charge is 0.251 e. The molecule has 1 amide bonds. The molecule has 3 N–H and O–H groups in total. The van der Waals surface area contributed by atoms with Crippen LogP contribution in [0.25, 0.3) is 0 Å². The van der Waals surface area contributed by atoms with E-state index in [2.05, 4.69) is 10.6 Å². The van der Waals surface area contributed by atoms with Crippen LogP contribution in [0.1, 0.15) is 22.8 Å². The Labute approximate surface area is 94.7 Å². The zero-order valence-electron chi connectivity index (χ0n) is 9.29. The zero-order chi connectivity index (χ0) is 11.5. The topological polar surface area (TPSA) is 61.4 Å². The number of benzene rings is 1. The Kier molecular flexibility index (Phi) is 3.10. The molecule has 1 aromatic carbocycles. The van der Waals surface area contributed by atoms with Crippen molar-refractivity contribution in [3.8, 4) is 0 Å². The molecule has 0 fully saturated rings. The van der Waals surface area contributed by atoms with Crippen LogP contribution in [0.2, 0.25) is 0 Å². The number of aliphatic hydroxyl groups is 1. The van der Waals surface area contributed by atoms with Crippen molar-refractivity contribution in [2.24, 2.45) is 0 Å². The van der Waals surface area contributed by atoms with Gasteiger partial charge < -0.3 is 15.7 Å². The predicted octanol–water partition coefficient (Wildman–Crippen LogP) is 0.765. The monoisotopic (exact) mass is 220 g/mol. The van der Waals surface area contributed by atoms with Crippen molar-refractivity contribution in [2.75, 3.05) is 18.5 Å². The van der Waals surface area contributed by atoms with Gasteiger partial charge in [0.25, 0.3) is 5.91 Å². The first kappa shape index (κ1) is 11.0. The van der Waals surface area contributed by atoms with Crippen LogP contribution in [-0.2, 0) is 6.42 Å². The summed E-state index contributed by atoms with van der Waals surface area (Å²) in [5.74, 6) is -0.141. The molecule has 0 bridgehead atoms. The van der Waals surface area contributed by atoms with Crippen LogP contribution in [0.5, 0.6) is 0 Å². The summed E-state index contributed by atoms with van der Waals surface area (Å²) in [6, 6.07) is 5.45. The first-order valence-corrected chi connectivity index (χ1v) is 5.49. The van der Waals surface area contributed by atoms with Crippen LogP contribution in [0.15, 0.2) is 18.2 Å². The second-order valence-corrected chi connectivity index (χ2v) is 4.11. The van der Waals surface area contributed by atoms with Crippen LogP contribution in [0.3, 0.4) is 0 Å². The summed E-state index contributed by atoms with van der Waals surface area (Å²) in [6.07, 6.45) is 1.02. The fourth-order valence-electron chi connectivity index (χ4n) is 1.78. The number of hydrogen-bond acceptors (Lipinski definition) is 3. The van der Waals surface area contributed by atoms with Crippen molar-refractivity contribution in [1.29, 1.82) is 0 Å². The Morgan fingerprint density at radius 2 is 2.44 bits per heavy atom. The third-order valence-corrected chi connectivity index (χ3v) is 2.73. The molecule has 1 heterocycles. The molecule has 0 aliphatic carbocycles. The molecule has 0 aromatic heterocycles. The van der Waals surface area contributed by atoms with Gasteiger partial charge in [0.15, 0.2) is 0 Å². The highest BCUT2D eigenvalue weighted by Gasteiger charge is 2.14. The molecule has 1 aliphatic heterocycles. The summed E-state index contributed by atoms with van der Waals surface area (Å²) < 4.78 is 0. The predicted molar refractivity (Wildman–Crippen MR) is 62.6 cm³/mol. The van der Waals surface area contributed by atoms with Gasteiger partial charge in [-0.2, -0.15) is 0 Å². The normalized spacial score (nSPS) is 15.1. The van der Waals surface area contributed by atoms with Gasteiger partial charge in [-0.3, -0.25) is 4.79 Å². The minimum absolute atomic E-state index is 0.0467. The lowest BCUT2D eigenvalue weighted by Crippen LogP contribution is -2.34. The van der Waals surface area contributed by atoms with E-state index in [0.29, 0.717) is 5.56 Å². The molecule has 86 valence electrons. The number of fused-ring (bicyclic) bond motifs is 1. The molecule has 0 spiro atoms. The summed E-state index contributed by atoms with van der Waals surface area (Å²) in [6.45, 7) is 2.66. The molecule has 0 unspecified atom stereocenters. The molecule has 1 atom stereocenters. The maximum Gasteiger partial charge on any atom is 0.251 e. The van der Waals surface area contributed by atoms with Gasteiger partial charge in [0.05, 0.1) is 6.61 Å². The number of hydrogen-bond donors (Lipinski definition) is 3. The van der Waals surface area contributed by atoms with Gasteiger partial charge in [0.2, 0.25) is 0 Å². The van der Waals surface area contributed by atoms with Crippen molar-refractivity contribution >= 4 is 11.6 Å². The Balaban J connectivity index is 2.12. The van der Waals surface area contributed by atoms with E-state index in [1.54, 1.807) is 6.92 Å². The first-order chi connectivity index (χ1) is 7.70. The summed E-state index contributed by atoms with van der Waals surface area (Å²) in [7, 11) is 0. The van der Waals surface area contributed by atoms with Gasteiger partial charge in [-0.1, -0.05) is 6.07 Å².